The number of anilines is 1. The molecule has 28 heavy (non-hydrogen) atoms. The first-order chi connectivity index (χ1) is 13.4. The molecule has 1 fully saturated rings. The van der Waals surface area contributed by atoms with E-state index in [0.717, 1.165) is 11.8 Å². The second kappa shape index (κ2) is 8.98. The van der Waals surface area contributed by atoms with Crippen LogP contribution in [0.2, 0.25) is 0 Å². The number of hydrogen-bond acceptors (Lipinski definition) is 6. The average molecular weight is 465 g/mol. The highest BCUT2D eigenvalue weighted by atomic mass is 79.9. The van der Waals surface area contributed by atoms with E-state index in [9.17, 15) is 19.1 Å². The maximum absolute atomic E-state index is 12.9. The highest BCUT2D eigenvalue weighted by Gasteiger charge is 2.32. The van der Waals surface area contributed by atoms with E-state index in [2.05, 4.69) is 36.8 Å². The Kier molecular flexibility index (Phi) is 6.42. The third-order valence-electron chi connectivity index (χ3n) is 3.60. The normalized spacial score (nSPS) is 17.9. The smallest absolute Gasteiger partial charge is 0.240 e. The zero-order valence-electron chi connectivity index (χ0n) is 14.2. The van der Waals surface area contributed by atoms with Crippen LogP contribution in [0.1, 0.15) is 12.0 Å². The van der Waals surface area contributed by atoms with Crippen LogP contribution < -0.4 is 10.6 Å². The molecule has 1 heterocycles. The summed E-state index contributed by atoms with van der Waals surface area (Å²) in [5, 5.41) is 22.1. The molecular weight excluding hydrogens is 451 g/mol. The van der Waals surface area contributed by atoms with Crippen LogP contribution in [0, 0.1) is 5.82 Å². The number of thioether (sulfide) groups is 1. The first kappa shape index (κ1) is 20.0. The molecule has 0 bridgehead atoms. The van der Waals surface area contributed by atoms with E-state index in [-0.39, 0.29) is 24.0 Å². The Morgan fingerprint density at radius 1 is 1.32 bits per heavy atom. The molecule has 144 valence electrons. The van der Waals surface area contributed by atoms with Crippen molar-refractivity contribution in [2.24, 2.45) is 10.2 Å². The lowest BCUT2D eigenvalue weighted by Gasteiger charge is -2.07. The summed E-state index contributed by atoms with van der Waals surface area (Å²) in [5.74, 6) is -0.979. The Labute approximate surface area is 172 Å². The zero-order chi connectivity index (χ0) is 20.1. The average Bonchev–Trinajstić information content (AvgIpc) is 2.99. The fourth-order valence-electron chi connectivity index (χ4n) is 2.25. The molecule has 1 aliphatic rings. The number of amidine groups is 1. The summed E-state index contributed by atoms with van der Waals surface area (Å²) in [7, 11) is 0. The molecule has 2 aromatic rings. The molecule has 7 nitrogen and oxygen atoms in total. The number of carbonyl (C=O) groups excluding carboxylic acids is 2. The summed E-state index contributed by atoms with van der Waals surface area (Å²) in [6, 6.07) is 10.2. The lowest BCUT2D eigenvalue weighted by Crippen LogP contribution is -2.28. The molecule has 2 aromatic carbocycles. The van der Waals surface area contributed by atoms with Gasteiger partial charge in [0.15, 0.2) is 5.17 Å². The molecule has 1 atom stereocenters. The number of hydrogen-bond donors (Lipinski definition) is 3. The van der Waals surface area contributed by atoms with Gasteiger partial charge in [-0.25, -0.2) is 4.39 Å². The van der Waals surface area contributed by atoms with Gasteiger partial charge in [-0.2, -0.15) is 5.10 Å². The maximum atomic E-state index is 12.9. The fourth-order valence-corrected chi connectivity index (χ4v) is 3.57. The first-order valence-corrected chi connectivity index (χ1v) is 9.70. The highest BCUT2D eigenvalue weighted by molar-refractivity contribution is 9.10. The molecule has 0 spiro atoms. The molecule has 0 aliphatic carbocycles. The van der Waals surface area contributed by atoms with E-state index in [4.69, 9.17) is 0 Å². The largest absolute Gasteiger partial charge is 0.507 e. The quantitative estimate of drug-likeness (QED) is 0.466. The van der Waals surface area contributed by atoms with Gasteiger partial charge in [0, 0.05) is 12.1 Å². The Balaban J connectivity index is 1.55. The number of halogens is 2. The molecule has 3 rings (SSSR count). The van der Waals surface area contributed by atoms with E-state index in [1.54, 1.807) is 12.1 Å². The van der Waals surface area contributed by atoms with Gasteiger partial charge in [0.2, 0.25) is 11.8 Å². The van der Waals surface area contributed by atoms with Crippen LogP contribution in [0.5, 0.6) is 5.75 Å². The van der Waals surface area contributed by atoms with Gasteiger partial charge in [-0.05, 0) is 64.0 Å². The molecule has 1 saturated heterocycles. The van der Waals surface area contributed by atoms with E-state index in [1.165, 1.54) is 36.5 Å². The van der Waals surface area contributed by atoms with E-state index < -0.39 is 11.1 Å². The van der Waals surface area contributed by atoms with E-state index in [1.807, 2.05) is 0 Å². The third kappa shape index (κ3) is 5.40. The van der Waals surface area contributed by atoms with Crippen molar-refractivity contribution in [3.8, 4) is 5.75 Å². The number of nitrogens with one attached hydrogen (secondary N) is 2. The van der Waals surface area contributed by atoms with Gasteiger partial charge in [0.05, 0.1) is 10.7 Å². The van der Waals surface area contributed by atoms with Crippen LogP contribution in [0.15, 0.2) is 57.1 Å². The molecule has 10 heteroatoms. The van der Waals surface area contributed by atoms with Crippen LogP contribution in [0.4, 0.5) is 10.1 Å². The highest BCUT2D eigenvalue weighted by Crippen LogP contribution is 2.24. The van der Waals surface area contributed by atoms with Gasteiger partial charge in [-0.1, -0.05) is 11.8 Å². The van der Waals surface area contributed by atoms with Crippen molar-refractivity contribution < 1.29 is 19.1 Å². The van der Waals surface area contributed by atoms with Crippen molar-refractivity contribution in [2.45, 2.75) is 11.7 Å². The van der Waals surface area contributed by atoms with Crippen LogP contribution in [0.25, 0.3) is 0 Å². The summed E-state index contributed by atoms with van der Waals surface area (Å²) in [6.07, 6.45) is 1.42. The standard InChI is InChI=1S/C18H14BrFN4O3S/c19-13-7-10(1-6-14(13)25)9-21-24-18-23-17(27)15(28-18)8-16(26)22-12-4-2-11(20)3-5-12/h1-7,9,15,25H,8H2,(H,22,26)(H,23,24,27)/b21-9-/t15-/m1/s1. The lowest BCUT2D eigenvalue weighted by atomic mass is 10.2. The first-order valence-electron chi connectivity index (χ1n) is 8.03. The van der Waals surface area contributed by atoms with Gasteiger partial charge >= 0.3 is 0 Å². The number of benzene rings is 2. The number of nitrogens with zero attached hydrogens (tertiary/aromatic N) is 2. The Morgan fingerprint density at radius 2 is 2.07 bits per heavy atom. The van der Waals surface area contributed by atoms with Gasteiger partial charge in [0.25, 0.3) is 0 Å². The van der Waals surface area contributed by atoms with Gasteiger partial charge < -0.3 is 15.7 Å². The monoisotopic (exact) mass is 464 g/mol. The number of rotatable bonds is 5. The maximum Gasteiger partial charge on any atom is 0.240 e. The SMILES string of the molecule is O=C(C[C@H]1S/C(=N\N=C/c2ccc(O)c(Br)c2)NC1=O)Nc1ccc(F)cc1. The predicted octanol–water partition coefficient (Wildman–Crippen LogP) is 3.24. The second-order valence-corrected chi connectivity index (χ2v) is 7.76. The molecule has 0 saturated carbocycles. The van der Waals surface area contributed by atoms with E-state index in [0.29, 0.717) is 20.9 Å². The number of aromatic hydroxyl groups is 1. The van der Waals surface area contributed by atoms with Crippen LogP contribution in [0.3, 0.4) is 0 Å². The molecule has 0 radical (unpaired) electrons. The summed E-state index contributed by atoms with van der Waals surface area (Å²) >= 11 is 4.31. The van der Waals surface area contributed by atoms with Crippen LogP contribution >= 0.6 is 27.7 Å². The lowest BCUT2D eigenvalue weighted by molar-refractivity contribution is -0.122. The van der Waals surface area contributed by atoms with Crippen molar-refractivity contribution in [3.05, 3.63) is 58.3 Å². The van der Waals surface area contributed by atoms with Crippen molar-refractivity contribution in [1.29, 1.82) is 0 Å². The minimum atomic E-state index is -0.628. The van der Waals surface area contributed by atoms with Gasteiger partial charge in [-0.15, -0.1) is 5.10 Å². The van der Waals surface area contributed by atoms with Gasteiger partial charge in [-0.3, -0.25) is 9.59 Å². The topological polar surface area (TPSA) is 103 Å². The molecule has 1 aliphatic heterocycles. The minimum absolute atomic E-state index is 0.0540. The summed E-state index contributed by atoms with van der Waals surface area (Å²) in [4.78, 5) is 24.1. The summed E-state index contributed by atoms with van der Waals surface area (Å²) in [5.41, 5.74) is 1.16. The van der Waals surface area contributed by atoms with Crippen LogP contribution in [-0.4, -0.2) is 33.6 Å². The van der Waals surface area contributed by atoms with Crippen LogP contribution in [-0.2, 0) is 9.59 Å². The Hall–Kier alpha value is -2.72. The van der Waals surface area contributed by atoms with Crippen molar-refractivity contribution >= 4 is 56.6 Å². The number of phenolic OH excluding ortho intramolecular Hbond substituents is 1. The van der Waals surface area contributed by atoms with Crippen molar-refractivity contribution in [1.82, 2.24) is 5.32 Å². The third-order valence-corrected chi connectivity index (χ3v) is 5.31. The van der Waals surface area contributed by atoms with Gasteiger partial charge in [0.1, 0.15) is 16.8 Å². The Bertz CT molecular complexity index is 966. The zero-order valence-corrected chi connectivity index (χ0v) is 16.6. The number of phenols is 1. The molecule has 0 unspecified atom stereocenters. The number of carbonyl (C=O) groups is 2. The molecule has 3 N–H and O–H groups in total. The summed E-state index contributed by atoms with van der Waals surface area (Å²) < 4.78 is 13.4. The Morgan fingerprint density at radius 3 is 2.79 bits per heavy atom. The van der Waals surface area contributed by atoms with Crippen molar-refractivity contribution in [3.63, 3.8) is 0 Å². The minimum Gasteiger partial charge on any atom is -0.507 e. The summed E-state index contributed by atoms with van der Waals surface area (Å²) in [6.45, 7) is 0. The molecular formula is C18H14BrFN4O3S. The molecule has 0 aromatic heterocycles. The predicted molar refractivity (Wildman–Crippen MR) is 110 cm³/mol. The van der Waals surface area contributed by atoms with Crippen molar-refractivity contribution in [2.75, 3.05) is 5.32 Å². The van der Waals surface area contributed by atoms with E-state index >= 15 is 0 Å². The molecule has 2 amide bonds. The number of amides is 2. The fraction of sp³-hybridized carbons (Fsp3) is 0.111. The second-order valence-electron chi connectivity index (χ2n) is 5.72.